The number of hydrogen-bond acceptors (Lipinski definition) is 4. The summed E-state index contributed by atoms with van der Waals surface area (Å²) in [6.07, 6.45) is 24.3. The van der Waals surface area contributed by atoms with Crippen LogP contribution in [0.25, 0.3) is 0 Å². The van der Waals surface area contributed by atoms with Crippen LogP contribution in [0.4, 0.5) is 0 Å². The summed E-state index contributed by atoms with van der Waals surface area (Å²) in [5.74, 6) is 13.0. The molecule has 4 rings (SSSR count). The third-order valence-corrected chi connectivity index (χ3v) is 14.3. The summed E-state index contributed by atoms with van der Waals surface area (Å²) in [6, 6.07) is 0. The van der Waals surface area contributed by atoms with Gasteiger partial charge in [0.1, 0.15) is 0 Å². The van der Waals surface area contributed by atoms with E-state index in [2.05, 4.69) is 107 Å². The van der Waals surface area contributed by atoms with Gasteiger partial charge in [-0.25, -0.2) is 9.59 Å². The molecule has 4 heteroatoms. The van der Waals surface area contributed by atoms with Crippen LogP contribution in [0.15, 0.2) is 0 Å². The number of benzene rings is 3. The second-order valence-electron chi connectivity index (χ2n) is 18.0. The van der Waals surface area contributed by atoms with Gasteiger partial charge in [0, 0.05) is 25.7 Å². The van der Waals surface area contributed by atoms with Crippen LogP contribution >= 0.6 is 0 Å². The fourth-order valence-corrected chi connectivity index (χ4v) is 11.1. The van der Waals surface area contributed by atoms with E-state index in [1.807, 2.05) is 0 Å². The number of rotatable bonds is 22. The molecule has 4 nitrogen and oxygen atoms in total. The van der Waals surface area contributed by atoms with Crippen LogP contribution in [0.2, 0.25) is 0 Å². The van der Waals surface area contributed by atoms with Crippen molar-refractivity contribution in [2.24, 2.45) is 0 Å². The molecule has 0 fully saturated rings. The van der Waals surface area contributed by atoms with Crippen molar-refractivity contribution in [2.45, 2.75) is 237 Å². The number of carbonyl (C=O) groups excluding carboxylic acids is 2. The minimum absolute atomic E-state index is 0.427. The molecule has 0 atom stereocenters. The van der Waals surface area contributed by atoms with Crippen molar-refractivity contribution in [1.29, 1.82) is 0 Å². The topological polar surface area (TPSA) is 52.6 Å². The molecule has 3 aromatic carbocycles. The molecule has 362 valence electrons. The van der Waals surface area contributed by atoms with E-state index < -0.39 is 11.9 Å². The molecule has 0 unspecified atom stereocenters. The minimum atomic E-state index is -0.427. The van der Waals surface area contributed by atoms with Gasteiger partial charge in [-0.05, 0) is 192 Å². The summed E-state index contributed by atoms with van der Waals surface area (Å²) in [7, 11) is 2.83. The molecule has 1 aliphatic rings. The molecular formula is C62H90O4. The molecule has 0 saturated carbocycles. The van der Waals surface area contributed by atoms with Crippen molar-refractivity contribution in [2.75, 3.05) is 14.2 Å². The predicted octanol–water partition coefficient (Wildman–Crippen LogP) is 15.1. The van der Waals surface area contributed by atoms with Crippen molar-refractivity contribution in [3.63, 3.8) is 0 Å². The Bertz CT molecular complexity index is 2060. The molecule has 1 aliphatic carbocycles. The van der Waals surface area contributed by atoms with Crippen LogP contribution in [-0.2, 0) is 99.4 Å². The number of fused-ring (bicyclic) bond motifs is 2. The van der Waals surface area contributed by atoms with E-state index in [1.165, 1.54) is 95.5 Å². The highest BCUT2D eigenvalue weighted by molar-refractivity contribution is 6.06. The average molecular weight is 899 g/mol. The van der Waals surface area contributed by atoms with Gasteiger partial charge >= 0.3 is 11.9 Å². The van der Waals surface area contributed by atoms with E-state index in [-0.39, 0.29) is 0 Å². The fraction of sp³-hybridized carbons (Fsp3) is 0.613. The third-order valence-electron chi connectivity index (χ3n) is 14.3. The quantitative estimate of drug-likeness (QED) is 0.0448. The maximum absolute atomic E-state index is 13.4. The lowest BCUT2D eigenvalue weighted by atomic mass is 9.71. The maximum Gasteiger partial charge on any atom is 0.339 e. The summed E-state index contributed by atoms with van der Waals surface area (Å²) >= 11 is 0. The van der Waals surface area contributed by atoms with Crippen molar-refractivity contribution < 1.29 is 19.1 Å². The molecule has 0 bridgehead atoms. The van der Waals surface area contributed by atoms with Crippen LogP contribution < -0.4 is 0 Å². The number of unbranched alkanes of at least 4 members (excludes halogenated alkanes) is 6. The molecule has 0 N–H and O–H groups in total. The summed E-state index contributed by atoms with van der Waals surface area (Å²) in [4.78, 5) is 26.7. The van der Waals surface area contributed by atoms with E-state index in [0.29, 0.717) is 11.1 Å². The number of ether oxygens (including phenoxy) is 2. The smallest absolute Gasteiger partial charge is 0.339 e. The highest BCUT2D eigenvalue weighted by Gasteiger charge is 2.35. The van der Waals surface area contributed by atoms with E-state index in [9.17, 15) is 9.59 Å². The number of esters is 2. The summed E-state index contributed by atoms with van der Waals surface area (Å²) in [5, 5.41) is 0. The van der Waals surface area contributed by atoms with Gasteiger partial charge in [-0.1, -0.05) is 121 Å². The van der Waals surface area contributed by atoms with Gasteiger partial charge in [-0.2, -0.15) is 0 Å². The normalized spacial score (nSPS) is 11.4. The summed E-state index contributed by atoms with van der Waals surface area (Å²) in [6.45, 7) is 27.2. The van der Waals surface area contributed by atoms with Gasteiger partial charge < -0.3 is 9.47 Å². The van der Waals surface area contributed by atoms with Gasteiger partial charge in [0.15, 0.2) is 0 Å². The molecule has 0 heterocycles. The molecule has 0 radical (unpaired) electrons. The van der Waals surface area contributed by atoms with Crippen LogP contribution in [0.3, 0.4) is 0 Å². The van der Waals surface area contributed by atoms with E-state index >= 15 is 0 Å². The largest absolute Gasteiger partial charge is 0.465 e. The highest BCUT2D eigenvalue weighted by atomic mass is 16.5. The molecule has 0 spiro atoms. The summed E-state index contributed by atoms with van der Waals surface area (Å²) < 4.78 is 10.6. The first-order valence-electron chi connectivity index (χ1n) is 26.7. The first-order valence-corrected chi connectivity index (χ1v) is 26.7. The Hall–Kier alpha value is -4.28. The minimum Gasteiger partial charge on any atom is -0.465 e. The molecule has 0 amide bonds. The van der Waals surface area contributed by atoms with Crippen molar-refractivity contribution >= 4 is 11.9 Å². The lowest BCUT2D eigenvalue weighted by Crippen LogP contribution is -2.26. The molecular weight excluding hydrogens is 809 g/mol. The Morgan fingerprint density at radius 3 is 0.909 bits per heavy atom. The first kappa shape index (κ1) is 56.0. The molecule has 0 aliphatic heterocycles. The Kier molecular flexibility index (Phi) is 25.0. The number of carbonyl (C=O) groups is 2. The highest BCUT2D eigenvalue weighted by Crippen LogP contribution is 2.43. The molecule has 0 saturated heterocycles. The third kappa shape index (κ3) is 13.0. The van der Waals surface area contributed by atoms with Gasteiger partial charge in [0.2, 0.25) is 0 Å². The molecule has 0 aromatic heterocycles. The van der Waals surface area contributed by atoms with Crippen LogP contribution in [0.5, 0.6) is 0 Å². The molecule has 66 heavy (non-hydrogen) atoms. The summed E-state index contributed by atoms with van der Waals surface area (Å²) in [5.41, 5.74) is 23.7. The second kappa shape index (κ2) is 29.5. The first-order chi connectivity index (χ1) is 32.1. The average Bonchev–Trinajstić information content (AvgIpc) is 3.34. The zero-order valence-electron chi connectivity index (χ0n) is 44.6. The van der Waals surface area contributed by atoms with Gasteiger partial charge in [0.25, 0.3) is 0 Å². The van der Waals surface area contributed by atoms with Crippen LogP contribution in [0.1, 0.15) is 257 Å². The van der Waals surface area contributed by atoms with Crippen molar-refractivity contribution in [3.8, 4) is 23.7 Å². The van der Waals surface area contributed by atoms with E-state index in [4.69, 9.17) is 9.47 Å². The van der Waals surface area contributed by atoms with Crippen LogP contribution in [0, 0.1) is 23.7 Å². The fourth-order valence-electron chi connectivity index (χ4n) is 11.1. The molecule has 3 aromatic rings. The zero-order valence-corrected chi connectivity index (χ0v) is 44.6. The Morgan fingerprint density at radius 2 is 0.636 bits per heavy atom. The number of methoxy groups -OCH3 is 2. The van der Waals surface area contributed by atoms with E-state index in [0.717, 1.165) is 140 Å². The monoisotopic (exact) mass is 899 g/mol. The maximum atomic E-state index is 13.4. The predicted molar refractivity (Wildman–Crippen MR) is 282 cm³/mol. The van der Waals surface area contributed by atoms with Gasteiger partial charge in [0.05, 0.1) is 25.3 Å². The van der Waals surface area contributed by atoms with Crippen molar-refractivity contribution in [1.82, 2.24) is 0 Å². The van der Waals surface area contributed by atoms with Gasteiger partial charge in [-0.15, -0.1) is 11.8 Å². The van der Waals surface area contributed by atoms with Gasteiger partial charge in [-0.3, -0.25) is 0 Å². The lowest BCUT2D eigenvalue weighted by Gasteiger charge is -2.33. The Labute approximate surface area is 404 Å². The second-order valence-corrected chi connectivity index (χ2v) is 18.0. The SMILES string of the molecule is CCCCC#CCc1c(CC)c(CC)c(CC)c(CC)c1CC#CCCCC.CCCCc1c2c(c(CCCC)c(C(=O)OC)c1C(=O)OC)Cc1c(CC)c(CC)c(CC)c(CC)c1C2. The zero-order chi connectivity index (χ0) is 48.8. The number of hydrogen-bond donors (Lipinski definition) is 0. The van der Waals surface area contributed by atoms with E-state index in [1.54, 1.807) is 22.3 Å². The lowest BCUT2D eigenvalue weighted by molar-refractivity contribution is 0.0552. The Morgan fingerprint density at radius 1 is 0.364 bits per heavy atom. The standard InChI is InChI=1S/C34H48O4.C28H42/c1-9-15-17-25-29-19-27-23(13-5)21(11-3)22(12-4)24(14-6)28(27)20-30(29)26(18-16-10-2)32(34(36)38-8)31(25)33(35)37-7;1-7-13-15-17-19-21-27-25(11-5)23(9-3)24(10-4)26(12-6)28(27)22-20-18-16-14-8-2/h9-20H2,1-8H3;7-16,21-22H2,1-6H3. The Balaban J connectivity index is 0.000000368. The van der Waals surface area contributed by atoms with Crippen LogP contribution in [-0.4, -0.2) is 26.2 Å². The van der Waals surface area contributed by atoms with Crippen molar-refractivity contribution in [3.05, 3.63) is 100 Å².